The minimum absolute atomic E-state index is 0. The molecule has 7 nitrogen and oxygen atoms in total. The Hall–Kier alpha value is -2.24. The van der Waals surface area contributed by atoms with Gasteiger partial charge in [-0.3, -0.25) is 4.90 Å². The van der Waals surface area contributed by atoms with E-state index in [0.717, 1.165) is 78.7 Å². The lowest BCUT2D eigenvalue weighted by Gasteiger charge is -2.31. The smallest absolute Gasteiger partial charge is 0.203 e. The van der Waals surface area contributed by atoms with E-state index in [2.05, 4.69) is 34.4 Å². The highest BCUT2D eigenvalue weighted by atomic mass is 35.5. The standard InChI is InChI=1S/C25H29N3O3.C2H7N.2ClH/c1-17-24(29-16-19-2-3-19)9-7-22-23(27-31-25(17)22)8-4-18-10-12-28(13-11-18)15-21-6-5-20(14-26)30-21;1-3-2;;/h5-7,9,18-19H,2-4,8,10-13,15-16H2,1H3;3H,1-2H3;2*1H. The fourth-order valence-electron chi connectivity index (χ4n) is 4.51. The monoisotopic (exact) mass is 536 g/mol. The zero-order chi connectivity index (χ0) is 23.9. The Balaban J connectivity index is 0.000000871. The molecule has 1 aromatic carbocycles. The molecule has 1 saturated carbocycles. The topological polar surface area (TPSA) is 87.5 Å². The number of rotatable bonds is 8. The first-order chi connectivity index (χ1) is 16.6. The van der Waals surface area contributed by atoms with Gasteiger partial charge in [-0.25, -0.2) is 0 Å². The van der Waals surface area contributed by atoms with Crippen LogP contribution in [0.15, 0.2) is 33.2 Å². The lowest BCUT2D eigenvalue weighted by molar-refractivity contribution is 0.162. The van der Waals surface area contributed by atoms with E-state index >= 15 is 0 Å². The van der Waals surface area contributed by atoms with E-state index in [9.17, 15) is 0 Å². The molecular weight excluding hydrogens is 499 g/mol. The Morgan fingerprint density at radius 3 is 2.44 bits per heavy atom. The van der Waals surface area contributed by atoms with Crippen molar-refractivity contribution in [2.45, 2.75) is 52.0 Å². The third kappa shape index (κ3) is 7.88. The van der Waals surface area contributed by atoms with Crippen molar-refractivity contribution >= 4 is 35.8 Å². The third-order valence-corrected chi connectivity index (χ3v) is 6.73. The number of ether oxygens (including phenoxy) is 1. The summed E-state index contributed by atoms with van der Waals surface area (Å²) in [6.07, 6.45) is 7.02. The average Bonchev–Trinajstić information content (AvgIpc) is 3.41. The summed E-state index contributed by atoms with van der Waals surface area (Å²) in [6, 6.07) is 9.88. The van der Waals surface area contributed by atoms with Gasteiger partial charge >= 0.3 is 0 Å². The van der Waals surface area contributed by atoms with Crippen LogP contribution in [0.2, 0.25) is 0 Å². The number of hydrogen-bond donors (Lipinski definition) is 1. The molecule has 2 aromatic heterocycles. The summed E-state index contributed by atoms with van der Waals surface area (Å²) in [5.74, 6) is 3.63. The van der Waals surface area contributed by atoms with Crippen molar-refractivity contribution in [2.24, 2.45) is 11.8 Å². The van der Waals surface area contributed by atoms with Gasteiger partial charge in [0.2, 0.25) is 5.76 Å². The normalized spacial score (nSPS) is 15.8. The maximum atomic E-state index is 8.89. The van der Waals surface area contributed by atoms with Crippen molar-refractivity contribution in [3.05, 3.63) is 47.0 Å². The number of hydrogen-bond acceptors (Lipinski definition) is 7. The highest BCUT2D eigenvalue weighted by molar-refractivity contribution is 5.86. The Labute approximate surface area is 226 Å². The Kier molecular flexibility index (Phi) is 12.1. The maximum Gasteiger partial charge on any atom is 0.203 e. The average molecular weight is 538 g/mol. The van der Waals surface area contributed by atoms with Crippen molar-refractivity contribution in [3.63, 3.8) is 0 Å². The van der Waals surface area contributed by atoms with E-state index in [4.69, 9.17) is 18.9 Å². The molecule has 0 atom stereocenters. The van der Waals surface area contributed by atoms with Crippen LogP contribution in [0.4, 0.5) is 0 Å². The summed E-state index contributed by atoms with van der Waals surface area (Å²) >= 11 is 0. The second-order valence-electron chi connectivity index (χ2n) is 9.58. The van der Waals surface area contributed by atoms with Crippen molar-refractivity contribution in [2.75, 3.05) is 33.8 Å². The first-order valence-corrected chi connectivity index (χ1v) is 12.4. The molecule has 5 rings (SSSR count). The lowest BCUT2D eigenvalue weighted by atomic mass is 9.91. The number of halogens is 2. The van der Waals surface area contributed by atoms with Gasteiger partial charge in [-0.15, -0.1) is 24.8 Å². The van der Waals surface area contributed by atoms with Crippen LogP contribution in [0.25, 0.3) is 11.0 Å². The second kappa shape index (κ2) is 14.5. The van der Waals surface area contributed by atoms with Gasteiger partial charge in [-0.05, 0) is 109 Å². The largest absolute Gasteiger partial charge is 0.493 e. The van der Waals surface area contributed by atoms with Crippen molar-refractivity contribution < 1.29 is 13.7 Å². The molecule has 3 aromatic rings. The molecule has 0 unspecified atom stereocenters. The number of nitrogens with zero attached hydrogens (tertiary/aromatic N) is 3. The molecular formula is C27H38Cl2N4O3. The summed E-state index contributed by atoms with van der Waals surface area (Å²) in [7, 11) is 3.75. The summed E-state index contributed by atoms with van der Waals surface area (Å²) in [5, 5.41) is 17.2. The molecule has 1 aliphatic carbocycles. The Morgan fingerprint density at radius 1 is 1.08 bits per heavy atom. The summed E-state index contributed by atoms with van der Waals surface area (Å²) in [5.41, 5.74) is 2.99. The fraction of sp³-hybridized carbons (Fsp3) is 0.556. The second-order valence-corrected chi connectivity index (χ2v) is 9.58. The van der Waals surface area contributed by atoms with Crippen LogP contribution in [0.3, 0.4) is 0 Å². The van der Waals surface area contributed by atoms with E-state index in [1.165, 1.54) is 25.7 Å². The molecule has 0 bridgehead atoms. The molecule has 2 aliphatic rings. The molecule has 198 valence electrons. The maximum absolute atomic E-state index is 8.89. The van der Waals surface area contributed by atoms with Crippen molar-refractivity contribution in [1.82, 2.24) is 15.4 Å². The van der Waals surface area contributed by atoms with Crippen LogP contribution in [0.5, 0.6) is 5.75 Å². The first kappa shape index (κ1) is 30.0. The molecule has 9 heteroatoms. The van der Waals surface area contributed by atoms with Gasteiger partial charge in [0.05, 0.1) is 18.8 Å². The van der Waals surface area contributed by atoms with Crippen LogP contribution >= 0.6 is 24.8 Å². The minimum Gasteiger partial charge on any atom is -0.493 e. The zero-order valence-electron chi connectivity index (χ0n) is 21.4. The number of fused-ring (bicyclic) bond motifs is 1. The number of aromatic nitrogens is 1. The number of nitrogens with one attached hydrogen (secondary N) is 1. The highest BCUT2D eigenvalue weighted by Gasteiger charge is 2.24. The highest BCUT2D eigenvalue weighted by Crippen LogP contribution is 2.34. The van der Waals surface area contributed by atoms with Gasteiger partial charge in [0.15, 0.2) is 5.58 Å². The van der Waals surface area contributed by atoms with E-state index in [1.54, 1.807) is 6.07 Å². The third-order valence-electron chi connectivity index (χ3n) is 6.73. The number of aryl methyl sites for hydroxylation is 2. The lowest BCUT2D eigenvalue weighted by Crippen LogP contribution is -2.33. The molecule has 0 radical (unpaired) electrons. The van der Waals surface area contributed by atoms with Gasteiger partial charge in [0, 0.05) is 10.9 Å². The van der Waals surface area contributed by atoms with Crippen LogP contribution in [0, 0.1) is 30.1 Å². The summed E-state index contributed by atoms with van der Waals surface area (Å²) < 4.78 is 17.2. The van der Waals surface area contributed by atoms with E-state index in [-0.39, 0.29) is 24.8 Å². The van der Waals surface area contributed by atoms with Gasteiger partial charge in [0.25, 0.3) is 0 Å². The van der Waals surface area contributed by atoms with E-state index < -0.39 is 0 Å². The predicted molar refractivity (Wildman–Crippen MR) is 146 cm³/mol. The van der Waals surface area contributed by atoms with E-state index in [1.807, 2.05) is 26.2 Å². The van der Waals surface area contributed by atoms with Gasteiger partial charge in [0.1, 0.15) is 17.6 Å². The minimum atomic E-state index is 0. The zero-order valence-corrected chi connectivity index (χ0v) is 23.1. The summed E-state index contributed by atoms with van der Waals surface area (Å²) in [6.45, 7) is 5.78. The van der Waals surface area contributed by atoms with Gasteiger partial charge in [-0.1, -0.05) is 5.16 Å². The number of benzene rings is 1. The molecule has 36 heavy (non-hydrogen) atoms. The SMILES string of the molecule is CNC.Cc1c(OCC2CC2)ccc2c(CCC3CCN(Cc4ccc(C#N)o4)CC3)noc12.Cl.Cl. The number of furan rings is 1. The van der Waals surface area contributed by atoms with Crippen LogP contribution in [-0.4, -0.2) is 43.8 Å². The van der Waals surface area contributed by atoms with Gasteiger partial charge in [-0.2, -0.15) is 5.26 Å². The molecule has 2 fully saturated rings. The van der Waals surface area contributed by atoms with Crippen LogP contribution in [0.1, 0.15) is 54.9 Å². The molecule has 3 heterocycles. The Morgan fingerprint density at radius 2 is 1.81 bits per heavy atom. The number of piperidine rings is 1. The van der Waals surface area contributed by atoms with Crippen molar-refractivity contribution in [3.8, 4) is 11.8 Å². The van der Waals surface area contributed by atoms with Crippen LogP contribution in [-0.2, 0) is 13.0 Å². The molecule has 1 N–H and O–H groups in total. The molecule has 0 spiro atoms. The quantitative estimate of drug-likeness (QED) is 0.382. The first-order valence-electron chi connectivity index (χ1n) is 12.4. The fourth-order valence-corrected chi connectivity index (χ4v) is 4.51. The number of likely N-dealkylation sites (tertiary alicyclic amines) is 1. The molecule has 0 amide bonds. The molecule has 1 saturated heterocycles. The summed E-state index contributed by atoms with van der Waals surface area (Å²) in [4.78, 5) is 2.41. The van der Waals surface area contributed by atoms with Crippen LogP contribution < -0.4 is 10.1 Å². The van der Waals surface area contributed by atoms with E-state index in [0.29, 0.717) is 11.7 Å². The Bertz CT molecular complexity index is 1110. The van der Waals surface area contributed by atoms with Crippen molar-refractivity contribution in [1.29, 1.82) is 5.26 Å². The number of nitriles is 1. The predicted octanol–water partition coefficient (Wildman–Crippen LogP) is 5.91. The van der Waals surface area contributed by atoms with Gasteiger partial charge < -0.3 is 19.0 Å². The molecule has 1 aliphatic heterocycles.